The zero-order valence-corrected chi connectivity index (χ0v) is 25.7. The van der Waals surface area contributed by atoms with E-state index in [-0.39, 0.29) is 41.8 Å². The molecular formula is C29H29ClF2N6O5S. The SMILES string of the molecule is CCOC(=O)C1=C(C2CCN(c3nc(OC)ncc3C(=O)OCC)CC2)NC(c2nccs2)=NC1c1ccc(F)c(F)c1Cl. The van der Waals surface area contributed by atoms with Crippen LogP contribution in [0.4, 0.5) is 14.6 Å². The van der Waals surface area contributed by atoms with Gasteiger partial charge in [0.15, 0.2) is 28.3 Å². The van der Waals surface area contributed by atoms with E-state index in [2.05, 4.69) is 20.3 Å². The van der Waals surface area contributed by atoms with Crippen molar-refractivity contribution in [3.05, 3.63) is 74.0 Å². The highest BCUT2D eigenvalue weighted by Crippen LogP contribution is 2.41. The van der Waals surface area contributed by atoms with Gasteiger partial charge in [-0.05, 0) is 32.8 Å². The molecule has 4 heterocycles. The van der Waals surface area contributed by atoms with Crippen molar-refractivity contribution in [3.8, 4) is 6.01 Å². The number of benzene rings is 1. The maximum absolute atomic E-state index is 14.7. The Kier molecular flexibility index (Phi) is 9.69. The van der Waals surface area contributed by atoms with Gasteiger partial charge in [-0.25, -0.2) is 28.3 Å². The zero-order chi connectivity index (χ0) is 31.4. The molecule has 2 aliphatic rings. The number of rotatable bonds is 9. The Morgan fingerprint density at radius 3 is 2.50 bits per heavy atom. The van der Waals surface area contributed by atoms with E-state index >= 15 is 0 Å². The number of aliphatic imine (C=N–C) groups is 1. The van der Waals surface area contributed by atoms with Crippen LogP contribution in [0.25, 0.3) is 0 Å². The molecule has 15 heteroatoms. The number of hydrogen-bond donors (Lipinski definition) is 1. The molecule has 232 valence electrons. The molecule has 1 aromatic carbocycles. The highest BCUT2D eigenvalue weighted by molar-refractivity contribution is 7.11. The summed E-state index contributed by atoms with van der Waals surface area (Å²) in [5.41, 5.74) is 1.00. The summed E-state index contributed by atoms with van der Waals surface area (Å²) in [6, 6.07) is 1.28. The van der Waals surface area contributed by atoms with Gasteiger partial charge >= 0.3 is 17.9 Å². The van der Waals surface area contributed by atoms with Crippen LogP contribution in [0.5, 0.6) is 6.01 Å². The highest BCUT2D eigenvalue weighted by Gasteiger charge is 2.39. The number of piperidine rings is 1. The first-order valence-corrected chi connectivity index (χ1v) is 15.1. The first kappa shape index (κ1) is 31.3. The Morgan fingerprint density at radius 1 is 1.11 bits per heavy atom. The average molecular weight is 647 g/mol. The molecule has 2 aliphatic heterocycles. The zero-order valence-electron chi connectivity index (χ0n) is 24.1. The van der Waals surface area contributed by atoms with E-state index < -0.39 is 34.6 Å². The first-order chi connectivity index (χ1) is 21.3. The summed E-state index contributed by atoms with van der Waals surface area (Å²) >= 11 is 7.63. The highest BCUT2D eigenvalue weighted by atomic mass is 35.5. The standard InChI is InChI=1S/C29H29ClF2N6O5S/c1-4-42-27(39)17-14-34-29(41-3)37-25(17)38-11-8-15(9-12-38)22-19(28(40)43-5-2)23(16-6-7-18(31)21(32)20(16)30)36-24(35-22)26-33-10-13-44-26/h6-7,10,13-15,23H,4-5,8-9,11-12H2,1-3H3,(H,35,36). The maximum Gasteiger partial charge on any atom is 0.343 e. The number of nitrogens with one attached hydrogen (secondary N) is 1. The molecule has 44 heavy (non-hydrogen) atoms. The topological polar surface area (TPSA) is 128 Å². The maximum atomic E-state index is 14.7. The third-order valence-corrected chi connectivity index (χ3v) is 8.36. The van der Waals surface area contributed by atoms with Crippen molar-refractivity contribution in [3.63, 3.8) is 0 Å². The van der Waals surface area contributed by atoms with E-state index in [4.69, 9.17) is 30.8 Å². The Morgan fingerprint density at radius 2 is 1.84 bits per heavy atom. The molecule has 0 aliphatic carbocycles. The van der Waals surface area contributed by atoms with E-state index in [0.717, 1.165) is 6.07 Å². The second-order valence-corrected chi connectivity index (χ2v) is 11.0. The van der Waals surface area contributed by atoms with Gasteiger partial charge < -0.3 is 24.4 Å². The van der Waals surface area contributed by atoms with Crippen molar-refractivity contribution in [2.45, 2.75) is 32.7 Å². The second-order valence-electron chi connectivity index (χ2n) is 9.73. The number of amidine groups is 1. The van der Waals surface area contributed by atoms with Crippen LogP contribution in [0, 0.1) is 17.6 Å². The van der Waals surface area contributed by atoms with Crippen LogP contribution in [-0.4, -0.2) is 66.1 Å². The molecule has 1 N–H and O–H groups in total. The van der Waals surface area contributed by atoms with Crippen molar-refractivity contribution in [1.82, 2.24) is 20.3 Å². The Bertz CT molecular complexity index is 1610. The number of methoxy groups -OCH3 is 1. The number of esters is 2. The van der Waals surface area contributed by atoms with Crippen LogP contribution >= 0.6 is 22.9 Å². The number of carbonyl (C=O) groups excluding carboxylic acids is 2. The molecule has 0 bridgehead atoms. The van der Waals surface area contributed by atoms with Crippen molar-refractivity contribution in [1.29, 1.82) is 0 Å². The third-order valence-electron chi connectivity index (χ3n) is 7.19. The molecular weight excluding hydrogens is 618 g/mol. The van der Waals surface area contributed by atoms with E-state index in [0.29, 0.717) is 48.3 Å². The molecule has 0 saturated carbocycles. The second kappa shape index (κ2) is 13.6. The summed E-state index contributed by atoms with van der Waals surface area (Å²) in [6.45, 7) is 4.55. The fourth-order valence-corrected chi connectivity index (χ4v) is 6.02. The van der Waals surface area contributed by atoms with Gasteiger partial charge in [0.2, 0.25) is 0 Å². The Hall–Kier alpha value is -4.17. The van der Waals surface area contributed by atoms with Crippen molar-refractivity contribution in [2.24, 2.45) is 10.9 Å². The van der Waals surface area contributed by atoms with Crippen LogP contribution in [0.1, 0.15) is 53.7 Å². The smallest absolute Gasteiger partial charge is 0.343 e. The number of anilines is 1. The summed E-state index contributed by atoms with van der Waals surface area (Å²) in [5, 5.41) is 5.15. The fourth-order valence-electron chi connectivity index (χ4n) is 5.18. The minimum Gasteiger partial charge on any atom is -0.467 e. The molecule has 1 atom stereocenters. The van der Waals surface area contributed by atoms with Gasteiger partial charge in [-0.1, -0.05) is 17.7 Å². The number of carbonyl (C=O) groups is 2. The van der Waals surface area contributed by atoms with Gasteiger partial charge in [-0.15, -0.1) is 11.3 Å². The number of ether oxygens (including phenoxy) is 3. The predicted molar refractivity (Wildman–Crippen MR) is 159 cm³/mol. The Balaban J connectivity index is 1.54. The predicted octanol–water partition coefficient (Wildman–Crippen LogP) is 4.87. The molecule has 0 spiro atoms. The van der Waals surface area contributed by atoms with Gasteiger partial charge in [0.05, 0.1) is 37.1 Å². The van der Waals surface area contributed by atoms with Crippen LogP contribution in [0.3, 0.4) is 0 Å². The third kappa shape index (κ3) is 6.22. The van der Waals surface area contributed by atoms with E-state index in [9.17, 15) is 18.4 Å². The molecule has 1 saturated heterocycles. The Labute approximate surface area is 260 Å². The molecule has 2 aromatic heterocycles. The summed E-state index contributed by atoms with van der Waals surface area (Å²) in [5.74, 6) is -3.04. The minimum absolute atomic E-state index is 0.0848. The number of thiazole rings is 1. The van der Waals surface area contributed by atoms with Crippen LogP contribution in [0.2, 0.25) is 5.02 Å². The van der Waals surface area contributed by atoms with Gasteiger partial charge in [0, 0.05) is 41.8 Å². The summed E-state index contributed by atoms with van der Waals surface area (Å²) in [6.07, 6.45) is 4.03. The van der Waals surface area contributed by atoms with Gasteiger partial charge in [0.1, 0.15) is 11.6 Å². The van der Waals surface area contributed by atoms with E-state index in [1.165, 1.54) is 30.7 Å². The van der Waals surface area contributed by atoms with Crippen molar-refractivity contribution in [2.75, 3.05) is 38.3 Å². The molecule has 3 aromatic rings. The first-order valence-electron chi connectivity index (χ1n) is 13.9. The van der Waals surface area contributed by atoms with Crippen molar-refractivity contribution < 1.29 is 32.6 Å². The fraction of sp³-hybridized carbons (Fsp3) is 0.379. The van der Waals surface area contributed by atoms with Gasteiger partial charge in [-0.2, -0.15) is 4.98 Å². The van der Waals surface area contributed by atoms with Crippen LogP contribution < -0.4 is 15.0 Å². The number of halogens is 3. The van der Waals surface area contributed by atoms with Gasteiger partial charge in [0.25, 0.3) is 0 Å². The lowest BCUT2D eigenvalue weighted by Crippen LogP contribution is -2.42. The van der Waals surface area contributed by atoms with Gasteiger partial charge in [-0.3, -0.25) is 4.99 Å². The van der Waals surface area contributed by atoms with E-state index in [1.807, 2.05) is 4.90 Å². The van der Waals surface area contributed by atoms with Crippen molar-refractivity contribution >= 4 is 46.5 Å². The number of nitrogens with zero attached hydrogens (tertiary/aromatic N) is 5. The monoisotopic (exact) mass is 646 g/mol. The lowest BCUT2D eigenvalue weighted by Gasteiger charge is -2.37. The lowest BCUT2D eigenvalue weighted by atomic mass is 9.85. The largest absolute Gasteiger partial charge is 0.467 e. The molecule has 0 radical (unpaired) electrons. The number of allylic oxidation sites excluding steroid dienone is 1. The van der Waals surface area contributed by atoms with Crippen LogP contribution in [-0.2, 0) is 14.3 Å². The minimum atomic E-state index is -1.23. The average Bonchev–Trinajstić information content (AvgIpc) is 3.58. The quantitative estimate of drug-likeness (QED) is 0.254. The number of aromatic nitrogens is 3. The van der Waals surface area contributed by atoms with E-state index in [1.54, 1.807) is 25.4 Å². The lowest BCUT2D eigenvalue weighted by molar-refractivity contribution is -0.139. The van der Waals surface area contributed by atoms with Crippen LogP contribution in [0.15, 0.2) is 46.2 Å². The molecule has 0 amide bonds. The molecule has 1 unspecified atom stereocenters. The summed E-state index contributed by atoms with van der Waals surface area (Å²) in [7, 11) is 1.44. The normalized spacial score (nSPS) is 17.2. The molecule has 1 fully saturated rings. The number of hydrogen-bond acceptors (Lipinski definition) is 12. The molecule has 11 nitrogen and oxygen atoms in total. The molecule has 5 rings (SSSR count). The summed E-state index contributed by atoms with van der Waals surface area (Å²) < 4.78 is 44.6. The summed E-state index contributed by atoms with van der Waals surface area (Å²) in [4.78, 5) is 45.7.